The molecule has 1 rings (SSSR count). The molecule has 14 nitrogen and oxygen atoms in total. The van der Waals surface area contributed by atoms with Gasteiger partial charge in [0.2, 0.25) is 5.91 Å². The predicted octanol–water partition coefficient (Wildman–Crippen LogP) is 11.5. The Bertz CT molecular complexity index is 1390. The number of amides is 2. The second-order valence-corrected chi connectivity index (χ2v) is 21.0. The summed E-state index contributed by atoms with van der Waals surface area (Å²) in [5, 5.41) is 5.62. The van der Waals surface area contributed by atoms with Crippen LogP contribution in [0.1, 0.15) is 241 Å². The summed E-state index contributed by atoms with van der Waals surface area (Å²) in [5.41, 5.74) is -1.17. The van der Waals surface area contributed by atoms with Crippen molar-refractivity contribution in [2.75, 3.05) is 65.8 Å². The van der Waals surface area contributed by atoms with Gasteiger partial charge in [0.15, 0.2) is 6.10 Å². The Kier molecular flexibility index (Phi) is 41.0. The van der Waals surface area contributed by atoms with Crippen LogP contribution in [0.5, 0.6) is 0 Å². The minimum atomic E-state index is -1.36. The number of nitrogens with zero attached hydrogens (tertiary/aromatic N) is 1. The van der Waals surface area contributed by atoms with Crippen LogP contribution < -0.4 is 10.6 Å². The van der Waals surface area contributed by atoms with Gasteiger partial charge in [-0.25, -0.2) is 0 Å². The first kappa shape index (κ1) is 65.8. The van der Waals surface area contributed by atoms with E-state index in [1.807, 2.05) is 0 Å². The van der Waals surface area contributed by atoms with Crippen LogP contribution in [0.2, 0.25) is 0 Å². The number of carbonyl (C=O) groups is 6. The average molecular weight is 1010 g/mol. The van der Waals surface area contributed by atoms with Crippen LogP contribution in [-0.2, 0) is 52.5 Å². The minimum absolute atomic E-state index is 0.00514. The quantitative estimate of drug-likeness (QED) is 0.0336. The molecule has 2 N–H and O–H groups in total. The van der Waals surface area contributed by atoms with Crippen LogP contribution in [0.4, 0.5) is 0 Å². The van der Waals surface area contributed by atoms with Crippen molar-refractivity contribution in [1.82, 2.24) is 15.5 Å². The maximum atomic E-state index is 13.7. The molecule has 2 amide bonds. The third-order valence-electron chi connectivity index (χ3n) is 13.7. The van der Waals surface area contributed by atoms with Crippen LogP contribution in [0.25, 0.3) is 0 Å². The Morgan fingerprint density at radius 3 is 1.37 bits per heavy atom. The number of morpholine rings is 1. The molecule has 0 aromatic carbocycles. The molecule has 1 saturated heterocycles. The smallest absolute Gasteiger partial charge is 0.306 e. The largest absolute Gasteiger partial charge is 0.465 e. The average Bonchev–Trinajstić information content (AvgIpc) is 3.35. The lowest BCUT2D eigenvalue weighted by Crippen LogP contribution is -2.49. The molecule has 0 radical (unpaired) electrons. The van der Waals surface area contributed by atoms with Gasteiger partial charge in [0.05, 0.1) is 26.4 Å². The fourth-order valence-corrected chi connectivity index (χ4v) is 8.92. The second kappa shape index (κ2) is 44.2. The number of rotatable bonds is 47. The van der Waals surface area contributed by atoms with Crippen molar-refractivity contribution in [3.8, 4) is 0 Å². The molecule has 1 fully saturated rings. The highest BCUT2D eigenvalue weighted by molar-refractivity contribution is 5.85. The molecule has 71 heavy (non-hydrogen) atoms. The summed E-state index contributed by atoms with van der Waals surface area (Å²) >= 11 is 0. The summed E-state index contributed by atoms with van der Waals surface area (Å²) in [6.07, 6.45) is 27.4. The van der Waals surface area contributed by atoms with E-state index in [0.717, 1.165) is 64.5 Å². The summed E-state index contributed by atoms with van der Waals surface area (Å²) in [6.45, 7) is 16.9. The first-order valence-electron chi connectivity index (χ1n) is 28.9. The van der Waals surface area contributed by atoms with Crippen molar-refractivity contribution in [2.45, 2.75) is 247 Å². The third-order valence-corrected chi connectivity index (χ3v) is 13.7. The summed E-state index contributed by atoms with van der Waals surface area (Å²) in [6, 6.07) is 0. The zero-order valence-corrected chi connectivity index (χ0v) is 46.2. The van der Waals surface area contributed by atoms with Crippen molar-refractivity contribution in [1.29, 1.82) is 0 Å². The molecule has 0 saturated carbocycles. The molecule has 414 valence electrons. The maximum Gasteiger partial charge on any atom is 0.306 e. The van der Waals surface area contributed by atoms with Crippen LogP contribution in [0.3, 0.4) is 0 Å². The van der Waals surface area contributed by atoms with Crippen LogP contribution in [-0.4, -0.2) is 112 Å². The SMILES string of the molecule is CCCCCCCCC(CCCCCC)COC(=O)CCCC(=O)OCC(C)(C)[C@@H](OC(=O)CCCC(=O)OCC(CCCCCC)CCCCCCCC)C(=O)NCCC(=O)NCCN1CCOCC1. The van der Waals surface area contributed by atoms with Crippen molar-refractivity contribution in [3.05, 3.63) is 0 Å². The Morgan fingerprint density at radius 2 is 0.901 bits per heavy atom. The monoisotopic (exact) mass is 1010 g/mol. The van der Waals surface area contributed by atoms with Gasteiger partial charge in [-0.05, 0) is 50.4 Å². The van der Waals surface area contributed by atoms with Crippen molar-refractivity contribution in [3.63, 3.8) is 0 Å². The van der Waals surface area contributed by atoms with E-state index < -0.39 is 29.4 Å². The zero-order valence-electron chi connectivity index (χ0n) is 46.2. The van der Waals surface area contributed by atoms with E-state index in [1.165, 1.54) is 103 Å². The van der Waals surface area contributed by atoms with Crippen LogP contribution in [0, 0.1) is 17.3 Å². The minimum Gasteiger partial charge on any atom is -0.465 e. The van der Waals surface area contributed by atoms with Gasteiger partial charge >= 0.3 is 23.9 Å². The molecule has 1 aliphatic rings. The molecule has 14 heteroatoms. The van der Waals surface area contributed by atoms with Crippen molar-refractivity contribution in [2.24, 2.45) is 17.3 Å². The van der Waals surface area contributed by atoms with E-state index in [9.17, 15) is 28.8 Å². The molecule has 0 aromatic heterocycles. The van der Waals surface area contributed by atoms with Gasteiger partial charge in [0, 0.05) is 70.2 Å². The number of unbranched alkanes of at least 4 members (excludes halogenated alkanes) is 16. The number of nitrogens with one attached hydrogen (secondary N) is 2. The molecule has 0 spiro atoms. The molecular formula is C57H105N3O11. The highest BCUT2D eigenvalue weighted by Crippen LogP contribution is 2.27. The maximum absolute atomic E-state index is 13.7. The van der Waals surface area contributed by atoms with E-state index in [2.05, 4.69) is 43.2 Å². The molecule has 3 atom stereocenters. The van der Waals surface area contributed by atoms with E-state index in [4.69, 9.17) is 23.7 Å². The lowest BCUT2D eigenvalue weighted by molar-refractivity contribution is -0.169. The molecule has 0 aromatic rings. The first-order valence-corrected chi connectivity index (χ1v) is 28.9. The van der Waals surface area contributed by atoms with Gasteiger partial charge in [-0.15, -0.1) is 0 Å². The van der Waals surface area contributed by atoms with Crippen molar-refractivity contribution >= 4 is 35.7 Å². The number of hydrogen-bond acceptors (Lipinski definition) is 12. The number of ether oxygens (including phenoxy) is 5. The Hall–Kier alpha value is -3.26. The zero-order chi connectivity index (χ0) is 52.2. The number of esters is 4. The molecule has 2 unspecified atom stereocenters. The van der Waals surface area contributed by atoms with Crippen LogP contribution >= 0.6 is 0 Å². The number of carbonyl (C=O) groups excluding carboxylic acids is 6. The molecule has 0 bridgehead atoms. The van der Waals surface area contributed by atoms with Gasteiger partial charge in [-0.1, -0.05) is 170 Å². The van der Waals surface area contributed by atoms with Gasteiger partial charge in [-0.3, -0.25) is 33.7 Å². The lowest BCUT2D eigenvalue weighted by atomic mass is 9.86. The highest BCUT2D eigenvalue weighted by atomic mass is 16.6. The van der Waals surface area contributed by atoms with Gasteiger partial charge in [-0.2, -0.15) is 0 Å². The van der Waals surface area contributed by atoms with Gasteiger partial charge in [0.25, 0.3) is 5.91 Å². The standard InChI is InChI=1S/C57H105N3O11/c1-7-11-15-19-21-25-31-48(29-23-17-13-9-3)45-68-51(62)33-27-35-53(64)70-47-57(5,6)55(56(66)59-38-37-50(61)58-39-40-60-41-43-67-44-42-60)71-54(65)36-28-34-52(63)69-46-49(30-24-18-14-10-4)32-26-22-20-16-12-8-2/h48-49,55H,7-47H2,1-6H3,(H,58,61)(H,59,66)/t48?,49?,55-/m0/s1. The van der Waals surface area contributed by atoms with E-state index in [-0.39, 0.29) is 75.9 Å². The van der Waals surface area contributed by atoms with Crippen molar-refractivity contribution < 1.29 is 52.5 Å². The van der Waals surface area contributed by atoms with E-state index in [0.29, 0.717) is 51.4 Å². The fraction of sp³-hybridized carbons (Fsp3) is 0.895. The second-order valence-electron chi connectivity index (χ2n) is 21.0. The Balaban J connectivity index is 2.77. The summed E-state index contributed by atoms with van der Waals surface area (Å²) in [7, 11) is 0. The first-order chi connectivity index (χ1) is 34.3. The summed E-state index contributed by atoms with van der Waals surface area (Å²) < 4.78 is 28.2. The molecule has 1 aliphatic heterocycles. The molecular weight excluding hydrogens is 903 g/mol. The van der Waals surface area contributed by atoms with Gasteiger partial charge in [0.1, 0.15) is 6.61 Å². The normalized spacial score (nSPS) is 14.3. The topological polar surface area (TPSA) is 176 Å². The third kappa shape index (κ3) is 37.2. The van der Waals surface area contributed by atoms with E-state index in [1.54, 1.807) is 13.8 Å². The Morgan fingerprint density at radius 1 is 0.493 bits per heavy atom. The molecule has 0 aliphatic carbocycles. The van der Waals surface area contributed by atoms with Crippen LogP contribution in [0.15, 0.2) is 0 Å². The van der Waals surface area contributed by atoms with Gasteiger partial charge < -0.3 is 34.3 Å². The molecule has 1 heterocycles. The summed E-state index contributed by atoms with van der Waals surface area (Å²) in [4.78, 5) is 80.4. The number of hydrogen-bond donors (Lipinski definition) is 2. The lowest BCUT2D eigenvalue weighted by Gasteiger charge is -2.32. The van der Waals surface area contributed by atoms with E-state index >= 15 is 0 Å². The Labute approximate surface area is 432 Å². The predicted molar refractivity (Wildman–Crippen MR) is 283 cm³/mol. The summed E-state index contributed by atoms with van der Waals surface area (Å²) in [5.74, 6) is -2.09. The fourth-order valence-electron chi connectivity index (χ4n) is 8.92. The highest BCUT2D eigenvalue weighted by Gasteiger charge is 2.40.